The second-order valence-corrected chi connectivity index (χ2v) is 7.85. The van der Waals surface area contributed by atoms with Crippen LogP contribution < -0.4 is 21.9 Å². The van der Waals surface area contributed by atoms with Gasteiger partial charge in [0.2, 0.25) is 5.91 Å². The third-order valence-corrected chi connectivity index (χ3v) is 5.68. The number of nitrogen functional groups attached to an aromatic ring is 1. The lowest BCUT2D eigenvalue weighted by Gasteiger charge is -2.28. The van der Waals surface area contributed by atoms with Crippen molar-refractivity contribution in [1.82, 2.24) is 14.5 Å². The molecule has 8 nitrogen and oxygen atoms in total. The molecule has 3 rings (SSSR count). The Bertz CT molecular complexity index is 1220. The van der Waals surface area contributed by atoms with Crippen LogP contribution in [0, 0.1) is 5.82 Å². The van der Waals surface area contributed by atoms with Crippen LogP contribution >= 0.6 is 0 Å². The summed E-state index contributed by atoms with van der Waals surface area (Å²) in [5, 5.41) is 0. The van der Waals surface area contributed by atoms with Crippen LogP contribution in [0.2, 0.25) is 0 Å². The molecule has 0 aliphatic carbocycles. The smallest absolute Gasteiger partial charge is 0.330 e. The fourth-order valence-electron chi connectivity index (χ4n) is 3.65. The lowest BCUT2D eigenvalue weighted by atomic mass is 10.1. The minimum Gasteiger partial charge on any atom is -0.383 e. The number of H-pyrrole nitrogens is 1. The van der Waals surface area contributed by atoms with E-state index in [2.05, 4.69) is 4.98 Å². The van der Waals surface area contributed by atoms with Gasteiger partial charge in [0.1, 0.15) is 11.6 Å². The van der Waals surface area contributed by atoms with Gasteiger partial charge in [-0.25, -0.2) is 9.18 Å². The van der Waals surface area contributed by atoms with Gasteiger partial charge < -0.3 is 10.6 Å². The van der Waals surface area contributed by atoms with E-state index < -0.39 is 11.2 Å². The molecule has 0 spiro atoms. The first-order chi connectivity index (χ1) is 15.7. The Hall–Kier alpha value is -3.72. The van der Waals surface area contributed by atoms with Gasteiger partial charge >= 0.3 is 5.69 Å². The van der Waals surface area contributed by atoms with E-state index in [1.165, 1.54) is 21.6 Å². The van der Waals surface area contributed by atoms with Crippen LogP contribution in [-0.4, -0.2) is 40.5 Å². The average molecular weight is 454 g/mol. The summed E-state index contributed by atoms with van der Waals surface area (Å²) >= 11 is 0. The van der Waals surface area contributed by atoms with E-state index in [0.717, 1.165) is 11.1 Å². The summed E-state index contributed by atoms with van der Waals surface area (Å²) in [5.74, 6) is -0.754. The maximum atomic E-state index is 13.2. The van der Waals surface area contributed by atoms with Gasteiger partial charge in [-0.2, -0.15) is 0 Å². The molecule has 2 aromatic carbocycles. The zero-order valence-corrected chi connectivity index (χ0v) is 18.9. The van der Waals surface area contributed by atoms with Gasteiger partial charge in [0.15, 0.2) is 5.69 Å². The van der Waals surface area contributed by atoms with Gasteiger partial charge in [-0.05, 0) is 44.2 Å². The van der Waals surface area contributed by atoms with Gasteiger partial charge in [-0.3, -0.25) is 24.0 Å². The first kappa shape index (κ1) is 23.9. The second kappa shape index (κ2) is 10.3. The van der Waals surface area contributed by atoms with Crippen LogP contribution in [-0.2, 0) is 11.3 Å². The first-order valence-electron chi connectivity index (χ1n) is 10.7. The summed E-state index contributed by atoms with van der Waals surface area (Å²) in [4.78, 5) is 43.6. The molecule has 1 atom stereocenters. The molecule has 3 aromatic rings. The predicted molar refractivity (Wildman–Crippen MR) is 127 cm³/mol. The number of nitrogens with zero attached hydrogens (tertiary/aromatic N) is 3. The number of aromatic nitrogens is 2. The van der Waals surface area contributed by atoms with Crippen LogP contribution in [0.4, 0.5) is 15.9 Å². The topological polar surface area (TPSA) is 104 Å². The Morgan fingerprint density at radius 3 is 2.36 bits per heavy atom. The zero-order chi connectivity index (χ0) is 24.1. The van der Waals surface area contributed by atoms with Gasteiger partial charge in [0.05, 0.1) is 13.1 Å². The fourth-order valence-corrected chi connectivity index (χ4v) is 3.65. The summed E-state index contributed by atoms with van der Waals surface area (Å²) in [6.07, 6.45) is 0. The molecule has 0 saturated carbocycles. The number of carbonyl (C=O) groups excluding carboxylic acids is 1. The molecule has 1 heterocycles. The summed E-state index contributed by atoms with van der Waals surface area (Å²) in [6.45, 7) is 3.96. The summed E-state index contributed by atoms with van der Waals surface area (Å²) in [6, 6.07) is 15.1. The molecule has 0 saturated heterocycles. The molecule has 9 heteroatoms. The Kier molecular flexibility index (Phi) is 7.44. The molecule has 33 heavy (non-hydrogen) atoms. The molecular formula is C24H28FN5O3. The van der Waals surface area contributed by atoms with Crippen molar-refractivity contribution in [3.63, 3.8) is 0 Å². The Balaban J connectivity index is 1.87. The molecule has 0 aliphatic heterocycles. The lowest BCUT2D eigenvalue weighted by molar-refractivity contribution is -0.119. The third kappa shape index (κ3) is 5.38. The highest BCUT2D eigenvalue weighted by Crippen LogP contribution is 2.21. The minimum atomic E-state index is -0.716. The highest BCUT2D eigenvalue weighted by atomic mass is 19.1. The van der Waals surface area contributed by atoms with Crippen LogP contribution in [0.1, 0.15) is 31.0 Å². The highest BCUT2D eigenvalue weighted by molar-refractivity contribution is 5.96. The molecule has 0 radical (unpaired) electrons. The summed E-state index contributed by atoms with van der Waals surface area (Å²) in [5.41, 5.74) is 6.50. The number of amides is 1. The molecule has 174 valence electrons. The SMILES string of the molecule is CCN(C(=O)CN(C)C(C)c1ccc(F)cc1)c1c(N)n(Cc2ccccc2)c(=O)[nH]c1=O. The third-order valence-electron chi connectivity index (χ3n) is 5.68. The lowest BCUT2D eigenvalue weighted by Crippen LogP contribution is -2.44. The van der Waals surface area contributed by atoms with Crippen molar-refractivity contribution in [3.8, 4) is 0 Å². The molecule has 1 aromatic heterocycles. The van der Waals surface area contributed by atoms with E-state index >= 15 is 0 Å². The second-order valence-electron chi connectivity index (χ2n) is 7.85. The van der Waals surface area contributed by atoms with Gasteiger partial charge in [-0.1, -0.05) is 42.5 Å². The molecule has 3 N–H and O–H groups in total. The van der Waals surface area contributed by atoms with Crippen LogP contribution in [0.25, 0.3) is 0 Å². The molecule has 0 fully saturated rings. The summed E-state index contributed by atoms with van der Waals surface area (Å²) < 4.78 is 14.5. The first-order valence-corrected chi connectivity index (χ1v) is 10.7. The van der Waals surface area contributed by atoms with E-state index in [-0.39, 0.29) is 48.9 Å². The molecular weight excluding hydrogens is 425 g/mol. The Morgan fingerprint density at radius 2 is 1.76 bits per heavy atom. The number of nitrogens with two attached hydrogens (primary N) is 1. The monoisotopic (exact) mass is 453 g/mol. The van der Waals surface area contributed by atoms with Crippen LogP contribution in [0.3, 0.4) is 0 Å². The van der Waals surface area contributed by atoms with E-state index in [1.807, 2.05) is 37.3 Å². The highest BCUT2D eigenvalue weighted by Gasteiger charge is 2.25. The van der Waals surface area contributed by atoms with E-state index in [1.54, 1.807) is 31.0 Å². The number of hydrogen-bond acceptors (Lipinski definition) is 5. The number of anilines is 2. The molecule has 1 amide bonds. The Labute approximate surface area is 191 Å². The van der Waals surface area contributed by atoms with Crippen LogP contribution in [0.15, 0.2) is 64.2 Å². The minimum absolute atomic E-state index is 0.0108. The normalized spacial score (nSPS) is 12.0. The molecule has 1 unspecified atom stereocenters. The fraction of sp³-hybridized carbons (Fsp3) is 0.292. The van der Waals surface area contributed by atoms with Crippen molar-refractivity contribution >= 4 is 17.4 Å². The maximum Gasteiger partial charge on any atom is 0.330 e. The quantitative estimate of drug-likeness (QED) is 0.545. The van der Waals surface area contributed by atoms with Crippen molar-refractivity contribution in [2.24, 2.45) is 0 Å². The van der Waals surface area contributed by atoms with Crippen LogP contribution in [0.5, 0.6) is 0 Å². The van der Waals surface area contributed by atoms with E-state index in [9.17, 15) is 18.8 Å². The number of hydrogen-bond donors (Lipinski definition) is 2. The average Bonchev–Trinajstić information content (AvgIpc) is 2.80. The van der Waals surface area contributed by atoms with Crippen molar-refractivity contribution in [2.75, 3.05) is 30.8 Å². The van der Waals surface area contributed by atoms with Crippen molar-refractivity contribution in [1.29, 1.82) is 0 Å². The predicted octanol–water partition coefficient (Wildman–Crippen LogP) is 2.35. The number of rotatable bonds is 8. The van der Waals surface area contributed by atoms with E-state index in [0.29, 0.717) is 0 Å². The number of benzene rings is 2. The number of nitrogens with one attached hydrogen (secondary N) is 1. The van der Waals surface area contributed by atoms with Crippen molar-refractivity contribution < 1.29 is 9.18 Å². The van der Waals surface area contributed by atoms with Gasteiger partial charge in [-0.15, -0.1) is 0 Å². The largest absolute Gasteiger partial charge is 0.383 e. The standard InChI is InChI=1S/C24H28FN5O3/c1-4-29(20(31)15-28(3)16(2)18-10-12-19(25)13-11-18)21-22(26)30(24(33)27-23(21)32)14-17-8-6-5-7-9-17/h5-13,16H,4,14-15,26H2,1-3H3,(H,27,32,33). The maximum absolute atomic E-state index is 13.2. The number of aromatic amines is 1. The Morgan fingerprint density at radius 1 is 1.12 bits per heavy atom. The number of likely N-dealkylation sites (N-methyl/N-ethyl adjacent to an activating group) is 2. The van der Waals surface area contributed by atoms with Gasteiger partial charge in [0.25, 0.3) is 5.56 Å². The van der Waals surface area contributed by atoms with Gasteiger partial charge in [0, 0.05) is 12.6 Å². The molecule has 0 aliphatic rings. The van der Waals surface area contributed by atoms with Crippen molar-refractivity contribution in [2.45, 2.75) is 26.4 Å². The summed E-state index contributed by atoms with van der Waals surface area (Å²) in [7, 11) is 1.77. The van der Waals surface area contributed by atoms with E-state index in [4.69, 9.17) is 5.73 Å². The number of carbonyl (C=O) groups is 1. The molecule has 0 bridgehead atoms. The number of halogens is 1. The zero-order valence-electron chi connectivity index (χ0n) is 18.9. The van der Waals surface area contributed by atoms with Crippen molar-refractivity contribution in [3.05, 3.63) is 92.4 Å².